The average Bonchev–Trinajstić information content (AvgIpc) is 2.72. The Morgan fingerprint density at radius 2 is 1.86 bits per heavy atom. The number of ether oxygens (including phenoxy) is 1. The van der Waals surface area contributed by atoms with Crippen molar-refractivity contribution in [3.8, 4) is 5.75 Å². The summed E-state index contributed by atoms with van der Waals surface area (Å²) in [5.41, 5.74) is 3.04. The summed E-state index contributed by atoms with van der Waals surface area (Å²) >= 11 is 0. The first kappa shape index (κ1) is 21.2. The fourth-order valence-corrected chi connectivity index (χ4v) is 4.68. The standard InChI is InChI=1S/C22H28N2O4S/c1-6-24-19-12-18(9-10-20(19)28-14-22(4,5)21(24)25)23-29(26,27)13-17-11-15(2)7-8-16(17)3/h7-12,23H,6,13-14H2,1-5H3. The lowest BCUT2D eigenvalue weighted by atomic mass is 9.93. The number of anilines is 2. The molecule has 0 saturated heterocycles. The number of nitrogens with zero attached hydrogens (tertiary/aromatic N) is 1. The first-order valence-corrected chi connectivity index (χ1v) is 11.3. The molecule has 0 aliphatic carbocycles. The Hall–Kier alpha value is -2.54. The summed E-state index contributed by atoms with van der Waals surface area (Å²) in [6, 6.07) is 10.8. The van der Waals surface area contributed by atoms with Crippen molar-refractivity contribution < 1.29 is 17.9 Å². The van der Waals surface area contributed by atoms with E-state index in [2.05, 4.69) is 4.72 Å². The normalized spacial score (nSPS) is 16.0. The second-order valence-corrected chi connectivity index (χ2v) is 9.92. The van der Waals surface area contributed by atoms with Crippen molar-refractivity contribution in [3.05, 3.63) is 53.1 Å². The van der Waals surface area contributed by atoms with Gasteiger partial charge in [-0.05, 0) is 63.9 Å². The molecule has 0 aromatic heterocycles. The molecule has 3 rings (SSSR count). The van der Waals surface area contributed by atoms with E-state index in [9.17, 15) is 13.2 Å². The van der Waals surface area contributed by atoms with E-state index in [1.807, 2.05) is 52.8 Å². The van der Waals surface area contributed by atoms with Gasteiger partial charge in [0, 0.05) is 6.54 Å². The van der Waals surface area contributed by atoms with Gasteiger partial charge in [0.05, 0.1) is 22.5 Å². The van der Waals surface area contributed by atoms with Gasteiger partial charge in [0.15, 0.2) is 0 Å². The van der Waals surface area contributed by atoms with E-state index in [-0.39, 0.29) is 18.3 Å². The molecule has 29 heavy (non-hydrogen) atoms. The average molecular weight is 417 g/mol. The van der Waals surface area contributed by atoms with Crippen molar-refractivity contribution >= 4 is 27.3 Å². The van der Waals surface area contributed by atoms with Crippen molar-refractivity contribution in [1.29, 1.82) is 0 Å². The molecule has 0 saturated carbocycles. The highest BCUT2D eigenvalue weighted by Crippen LogP contribution is 2.38. The fourth-order valence-electron chi connectivity index (χ4n) is 3.40. The van der Waals surface area contributed by atoms with Crippen LogP contribution in [0.3, 0.4) is 0 Å². The topological polar surface area (TPSA) is 75.7 Å². The maximum absolute atomic E-state index is 12.9. The number of sulfonamides is 1. The first-order chi connectivity index (χ1) is 13.5. The van der Waals surface area contributed by atoms with Gasteiger partial charge in [-0.1, -0.05) is 23.8 Å². The Kier molecular flexibility index (Phi) is 5.63. The third-order valence-corrected chi connectivity index (χ3v) is 6.34. The minimum Gasteiger partial charge on any atom is -0.490 e. The second-order valence-electron chi connectivity index (χ2n) is 8.20. The Labute approximate surface area is 172 Å². The number of benzene rings is 2. The lowest BCUT2D eigenvalue weighted by molar-refractivity contribution is -0.127. The van der Waals surface area contributed by atoms with Gasteiger partial charge in [-0.25, -0.2) is 8.42 Å². The third kappa shape index (κ3) is 4.56. The van der Waals surface area contributed by atoms with Gasteiger partial charge in [-0.15, -0.1) is 0 Å². The van der Waals surface area contributed by atoms with Gasteiger partial charge >= 0.3 is 0 Å². The molecule has 7 heteroatoms. The highest BCUT2D eigenvalue weighted by Gasteiger charge is 2.37. The highest BCUT2D eigenvalue weighted by atomic mass is 32.2. The number of carbonyl (C=O) groups excluding carboxylic acids is 1. The molecule has 2 aromatic carbocycles. The number of amides is 1. The lowest BCUT2D eigenvalue weighted by Crippen LogP contribution is -2.42. The van der Waals surface area contributed by atoms with Crippen LogP contribution in [0.2, 0.25) is 0 Å². The van der Waals surface area contributed by atoms with Crippen LogP contribution in [0.25, 0.3) is 0 Å². The van der Waals surface area contributed by atoms with Crippen molar-refractivity contribution in [1.82, 2.24) is 0 Å². The molecule has 0 bridgehead atoms. The fraction of sp³-hybridized carbons (Fsp3) is 0.409. The zero-order valence-electron chi connectivity index (χ0n) is 17.6. The molecule has 1 aliphatic rings. The number of nitrogens with one attached hydrogen (secondary N) is 1. The molecule has 1 heterocycles. The lowest BCUT2D eigenvalue weighted by Gasteiger charge is -2.27. The predicted molar refractivity (Wildman–Crippen MR) is 116 cm³/mol. The zero-order valence-corrected chi connectivity index (χ0v) is 18.4. The number of carbonyl (C=O) groups is 1. The van der Waals surface area contributed by atoms with Crippen LogP contribution < -0.4 is 14.4 Å². The molecule has 0 unspecified atom stereocenters. The molecule has 156 valence electrons. The van der Waals surface area contributed by atoms with Crippen LogP contribution in [0.1, 0.15) is 37.5 Å². The summed E-state index contributed by atoms with van der Waals surface area (Å²) in [6.45, 7) is 10.2. The number of hydrogen-bond acceptors (Lipinski definition) is 4. The van der Waals surface area contributed by atoms with E-state index >= 15 is 0 Å². The molecular formula is C22H28N2O4S. The number of aryl methyl sites for hydroxylation is 2. The second kappa shape index (κ2) is 7.71. The van der Waals surface area contributed by atoms with Crippen LogP contribution in [0, 0.1) is 19.3 Å². The van der Waals surface area contributed by atoms with Gasteiger partial charge in [0.25, 0.3) is 0 Å². The molecule has 0 atom stereocenters. The maximum Gasteiger partial charge on any atom is 0.236 e. The van der Waals surface area contributed by atoms with Gasteiger partial charge < -0.3 is 9.64 Å². The molecular weight excluding hydrogens is 388 g/mol. The monoisotopic (exact) mass is 416 g/mol. The largest absolute Gasteiger partial charge is 0.490 e. The van der Waals surface area contributed by atoms with Crippen LogP contribution in [0.15, 0.2) is 36.4 Å². The summed E-state index contributed by atoms with van der Waals surface area (Å²) in [5, 5.41) is 0. The van der Waals surface area contributed by atoms with Gasteiger partial charge in [0.2, 0.25) is 15.9 Å². The Morgan fingerprint density at radius 3 is 2.55 bits per heavy atom. The quantitative estimate of drug-likeness (QED) is 0.799. The van der Waals surface area contributed by atoms with Gasteiger partial charge in [-0.3, -0.25) is 9.52 Å². The van der Waals surface area contributed by atoms with Crippen molar-refractivity contribution in [2.75, 3.05) is 22.8 Å². The van der Waals surface area contributed by atoms with Gasteiger partial charge in [0.1, 0.15) is 12.4 Å². The van der Waals surface area contributed by atoms with Crippen LogP contribution in [-0.2, 0) is 20.6 Å². The van der Waals surface area contributed by atoms with E-state index in [1.165, 1.54) is 0 Å². The van der Waals surface area contributed by atoms with E-state index < -0.39 is 15.4 Å². The van der Waals surface area contributed by atoms with E-state index in [1.54, 1.807) is 23.1 Å². The Morgan fingerprint density at radius 1 is 1.14 bits per heavy atom. The predicted octanol–water partition coefficient (Wildman–Crippen LogP) is 4.02. The number of hydrogen-bond donors (Lipinski definition) is 1. The molecule has 0 spiro atoms. The molecule has 1 aliphatic heterocycles. The summed E-state index contributed by atoms with van der Waals surface area (Å²) in [7, 11) is -3.62. The minimum atomic E-state index is -3.62. The van der Waals surface area contributed by atoms with Crippen LogP contribution >= 0.6 is 0 Å². The first-order valence-electron chi connectivity index (χ1n) is 9.68. The molecule has 1 amide bonds. The van der Waals surface area contributed by atoms with E-state index in [0.717, 1.165) is 16.7 Å². The number of fused-ring (bicyclic) bond motifs is 1. The smallest absolute Gasteiger partial charge is 0.236 e. The number of rotatable bonds is 5. The van der Waals surface area contributed by atoms with Crippen molar-refractivity contribution in [2.24, 2.45) is 5.41 Å². The SMILES string of the molecule is CCN1C(=O)C(C)(C)COc2ccc(NS(=O)(=O)Cc3cc(C)ccc3C)cc21. The third-order valence-electron chi connectivity index (χ3n) is 5.10. The Bertz CT molecular complexity index is 1040. The summed E-state index contributed by atoms with van der Waals surface area (Å²) in [6.07, 6.45) is 0. The van der Waals surface area contributed by atoms with Crippen LogP contribution in [-0.4, -0.2) is 27.5 Å². The Balaban J connectivity index is 1.90. The molecule has 0 fully saturated rings. The van der Waals surface area contributed by atoms with E-state index in [0.29, 0.717) is 23.7 Å². The van der Waals surface area contributed by atoms with Crippen LogP contribution in [0.5, 0.6) is 5.75 Å². The minimum absolute atomic E-state index is 0.0471. The summed E-state index contributed by atoms with van der Waals surface area (Å²) in [4.78, 5) is 14.5. The highest BCUT2D eigenvalue weighted by molar-refractivity contribution is 7.91. The summed E-state index contributed by atoms with van der Waals surface area (Å²) in [5.74, 6) is 0.412. The summed E-state index contributed by atoms with van der Waals surface area (Å²) < 4.78 is 34.0. The molecule has 1 N–H and O–H groups in total. The zero-order chi connectivity index (χ0) is 21.4. The molecule has 6 nitrogen and oxygen atoms in total. The van der Waals surface area contributed by atoms with Crippen molar-refractivity contribution in [3.63, 3.8) is 0 Å². The van der Waals surface area contributed by atoms with Gasteiger partial charge in [-0.2, -0.15) is 0 Å². The van der Waals surface area contributed by atoms with E-state index in [4.69, 9.17) is 4.74 Å². The van der Waals surface area contributed by atoms with Crippen molar-refractivity contribution in [2.45, 2.75) is 40.4 Å². The molecule has 2 aromatic rings. The molecule has 0 radical (unpaired) electrons. The maximum atomic E-state index is 12.9. The van der Waals surface area contributed by atoms with Crippen LogP contribution in [0.4, 0.5) is 11.4 Å².